The summed E-state index contributed by atoms with van der Waals surface area (Å²) in [6.07, 6.45) is 2.95. The van der Waals surface area contributed by atoms with Crippen LogP contribution in [-0.2, 0) is 6.42 Å². The van der Waals surface area contributed by atoms with E-state index < -0.39 is 0 Å². The number of hydrogen-bond donors (Lipinski definition) is 1. The second kappa shape index (κ2) is 3.69. The number of hydrogen-bond acceptors (Lipinski definition) is 2. The topological polar surface area (TPSA) is 28.7 Å². The highest BCUT2D eigenvalue weighted by Crippen LogP contribution is 2.17. The number of thioether (sulfide) groups is 1. The lowest BCUT2D eigenvalue weighted by molar-refractivity contribution is 1.08. The number of H-pyrrole nitrogens is 1. The van der Waals surface area contributed by atoms with Crippen molar-refractivity contribution in [3.05, 3.63) is 17.7 Å². The van der Waals surface area contributed by atoms with Crippen LogP contribution >= 0.6 is 11.8 Å². The second-order valence-electron chi connectivity index (χ2n) is 3.17. The highest BCUT2D eigenvalue weighted by Gasteiger charge is 2.04. The van der Waals surface area contributed by atoms with E-state index in [1.807, 2.05) is 12.3 Å². The van der Waals surface area contributed by atoms with Gasteiger partial charge >= 0.3 is 0 Å². The summed E-state index contributed by atoms with van der Waals surface area (Å²) in [6.45, 7) is 2.10. The highest BCUT2D eigenvalue weighted by molar-refractivity contribution is 7.98. The van der Waals surface area contributed by atoms with Crippen LogP contribution in [0.3, 0.4) is 0 Å². The Morgan fingerprint density at radius 1 is 1.50 bits per heavy atom. The number of benzene rings is 1. The van der Waals surface area contributed by atoms with Gasteiger partial charge in [-0.1, -0.05) is 29.7 Å². The minimum Gasteiger partial charge on any atom is -0.333 e. The molecule has 0 aliphatic carbocycles. The predicted molar refractivity (Wildman–Crippen MR) is 62.6 cm³/mol. The van der Waals surface area contributed by atoms with Crippen LogP contribution in [0.1, 0.15) is 12.5 Å². The van der Waals surface area contributed by atoms with Crippen LogP contribution in [0.5, 0.6) is 0 Å². The zero-order valence-corrected chi connectivity index (χ0v) is 9.11. The third-order valence-corrected chi connectivity index (χ3v) is 2.88. The molecule has 0 aliphatic heterocycles. The number of aromatic amines is 1. The first-order valence-electron chi connectivity index (χ1n) is 4.56. The molecule has 4 heteroatoms. The number of nitrogens with zero attached hydrogens (tertiary/aromatic N) is 1. The summed E-state index contributed by atoms with van der Waals surface area (Å²) in [6, 6.07) is 4.02. The smallest absolute Gasteiger partial charge is 0.166 e. The third-order valence-electron chi connectivity index (χ3n) is 2.30. The standard InChI is InChI=1S/C10H11BN2S/c1-3-6-4-8-9(5-7(6)11)13-10(12-8)14-2/h4-5H,3H2,1-2H3,(H,12,13). The minimum atomic E-state index is 0.844. The van der Waals surface area contributed by atoms with Gasteiger partial charge in [0.1, 0.15) is 7.85 Å². The van der Waals surface area contributed by atoms with E-state index in [1.165, 1.54) is 0 Å². The van der Waals surface area contributed by atoms with Crippen LogP contribution in [0, 0.1) is 0 Å². The zero-order valence-electron chi connectivity index (χ0n) is 8.29. The maximum atomic E-state index is 5.89. The molecule has 1 aromatic carbocycles. The molecular formula is C10H11BN2S. The van der Waals surface area contributed by atoms with Crippen LogP contribution < -0.4 is 5.46 Å². The van der Waals surface area contributed by atoms with Crippen LogP contribution in [0.15, 0.2) is 17.3 Å². The molecule has 0 fully saturated rings. The van der Waals surface area contributed by atoms with Crippen molar-refractivity contribution in [3.8, 4) is 0 Å². The van der Waals surface area contributed by atoms with Crippen molar-refractivity contribution in [2.75, 3.05) is 6.26 Å². The van der Waals surface area contributed by atoms with Crippen molar-refractivity contribution in [3.63, 3.8) is 0 Å². The van der Waals surface area contributed by atoms with Gasteiger partial charge < -0.3 is 4.98 Å². The molecule has 0 bridgehead atoms. The first-order chi connectivity index (χ1) is 6.74. The molecule has 2 rings (SSSR count). The number of aryl methyl sites for hydroxylation is 1. The highest BCUT2D eigenvalue weighted by atomic mass is 32.2. The maximum Gasteiger partial charge on any atom is 0.166 e. The van der Waals surface area contributed by atoms with E-state index in [2.05, 4.69) is 23.0 Å². The average Bonchev–Trinajstić information content (AvgIpc) is 2.58. The van der Waals surface area contributed by atoms with Gasteiger partial charge in [0.25, 0.3) is 0 Å². The van der Waals surface area contributed by atoms with E-state index in [-0.39, 0.29) is 0 Å². The van der Waals surface area contributed by atoms with E-state index in [0.29, 0.717) is 0 Å². The molecule has 2 radical (unpaired) electrons. The molecule has 2 nitrogen and oxygen atoms in total. The van der Waals surface area contributed by atoms with Crippen molar-refractivity contribution < 1.29 is 0 Å². The molecule has 0 unspecified atom stereocenters. The van der Waals surface area contributed by atoms with Gasteiger partial charge in [-0.25, -0.2) is 4.98 Å². The van der Waals surface area contributed by atoms with Crippen molar-refractivity contribution >= 4 is 36.1 Å². The summed E-state index contributed by atoms with van der Waals surface area (Å²) >= 11 is 1.61. The van der Waals surface area contributed by atoms with E-state index in [9.17, 15) is 0 Å². The molecule has 0 saturated heterocycles. The number of nitrogens with one attached hydrogen (secondary N) is 1. The van der Waals surface area contributed by atoms with Gasteiger partial charge in [-0.3, -0.25) is 0 Å². The Morgan fingerprint density at radius 2 is 2.29 bits per heavy atom. The molecule has 1 aromatic heterocycles. The number of rotatable bonds is 2. The number of aromatic nitrogens is 2. The lowest BCUT2D eigenvalue weighted by Crippen LogP contribution is -2.08. The van der Waals surface area contributed by atoms with E-state index in [4.69, 9.17) is 7.85 Å². The van der Waals surface area contributed by atoms with Crippen LogP contribution in [-0.4, -0.2) is 24.1 Å². The zero-order chi connectivity index (χ0) is 10.1. The van der Waals surface area contributed by atoms with Gasteiger partial charge in [0.15, 0.2) is 5.16 Å². The van der Waals surface area contributed by atoms with Gasteiger partial charge in [0, 0.05) is 0 Å². The van der Waals surface area contributed by atoms with E-state index >= 15 is 0 Å². The molecular weight excluding hydrogens is 191 g/mol. The van der Waals surface area contributed by atoms with Crippen LogP contribution in [0.2, 0.25) is 0 Å². The molecule has 0 saturated carbocycles. The van der Waals surface area contributed by atoms with E-state index in [0.717, 1.165) is 33.6 Å². The minimum absolute atomic E-state index is 0.844. The second-order valence-corrected chi connectivity index (χ2v) is 3.96. The average molecular weight is 202 g/mol. The van der Waals surface area contributed by atoms with Crippen molar-refractivity contribution in [1.82, 2.24) is 9.97 Å². The summed E-state index contributed by atoms with van der Waals surface area (Å²) in [5, 5.41) is 0.938. The molecule has 1 N–H and O–H groups in total. The Balaban J connectivity index is 2.64. The fourth-order valence-electron chi connectivity index (χ4n) is 1.50. The summed E-state index contributed by atoms with van der Waals surface area (Å²) in [5.74, 6) is 0. The van der Waals surface area contributed by atoms with Gasteiger partial charge in [-0.15, -0.1) is 0 Å². The first-order valence-corrected chi connectivity index (χ1v) is 5.79. The Hall–Kier alpha value is -0.895. The molecule has 0 amide bonds. The van der Waals surface area contributed by atoms with E-state index in [1.54, 1.807) is 11.8 Å². The monoisotopic (exact) mass is 202 g/mol. The molecule has 0 aliphatic rings. The normalized spacial score (nSPS) is 11.0. The molecule has 0 spiro atoms. The molecule has 0 atom stereocenters. The van der Waals surface area contributed by atoms with Gasteiger partial charge in [0.2, 0.25) is 0 Å². The quantitative estimate of drug-likeness (QED) is 0.592. The lowest BCUT2D eigenvalue weighted by Gasteiger charge is -2.01. The Labute approximate surface area is 88.9 Å². The molecule has 1 heterocycles. The summed E-state index contributed by atoms with van der Waals surface area (Å²) in [5.41, 5.74) is 4.03. The van der Waals surface area contributed by atoms with Crippen molar-refractivity contribution in [2.45, 2.75) is 18.5 Å². The largest absolute Gasteiger partial charge is 0.333 e. The van der Waals surface area contributed by atoms with Crippen LogP contribution in [0.25, 0.3) is 11.0 Å². The molecule has 70 valence electrons. The number of imidazole rings is 1. The Kier molecular flexibility index (Phi) is 2.55. The molecule has 2 aromatic rings. The van der Waals surface area contributed by atoms with Gasteiger partial charge in [-0.2, -0.15) is 0 Å². The Bertz CT molecular complexity index is 464. The fraction of sp³-hybridized carbons (Fsp3) is 0.300. The summed E-state index contributed by atoms with van der Waals surface area (Å²) in [7, 11) is 5.89. The third kappa shape index (κ3) is 1.54. The molecule has 14 heavy (non-hydrogen) atoms. The lowest BCUT2D eigenvalue weighted by atomic mass is 9.89. The summed E-state index contributed by atoms with van der Waals surface area (Å²) < 4.78 is 0. The fourth-order valence-corrected chi connectivity index (χ4v) is 1.90. The Morgan fingerprint density at radius 3 is 2.93 bits per heavy atom. The maximum absolute atomic E-state index is 5.89. The SMILES string of the molecule is [B]c1cc2[nH]c(SC)nc2cc1CC. The number of fused-ring (bicyclic) bond motifs is 1. The van der Waals surface area contributed by atoms with Crippen molar-refractivity contribution in [1.29, 1.82) is 0 Å². The van der Waals surface area contributed by atoms with Gasteiger partial charge in [-0.05, 0) is 24.8 Å². The summed E-state index contributed by atoms with van der Waals surface area (Å²) in [4.78, 5) is 7.64. The predicted octanol–water partition coefficient (Wildman–Crippen LogP) is 1.64. The van der Waals surface area contributed by atoms with Crippen LogP contribution in [0.4, 0.5) is 0 Å². The van der Waals surface area contributed by atoms with Gasteiger partial charge in [0.05, 0.1) is 11.0 Å². The first kappa shape index (κ1) is 9.65. The van der Waals surface area contributed by atoms with Crippen molar-refractivity contribution in [2.24, 2.45) is 0 Å².